The molecule has 0 bridgehead atoms. The van der Waals surface area contributed by atoms with Crippen molar-refractivity contribution in [3.05, 3.63) is 47.5 Å². The van der Waals surface area contributed by atoms with Crippen LogP contribution in [0.4, 0.5) is 17.1 Å². The van der Waals surface area contributed by atoms with Crippen LogP contribution in [0.5, 0.6) is 0 Å². The smallest absolute Gasteiger partial charge is 0.238 e. The highest BCUT2D eigenvalue weighted by molar-refractivity contribution is 8.01. The second-order valence-corrected chi connectivity index (χ2v) is 8.29. The number of benzene rings is 2. The highest BCUT2D eigenvalue weighted by Crippen LogP contribution is 2.38. The van der Waals surface area contributed by atoms with Crippen molar-refractivity contribution in [2.24, 2.45) is 0 Å². The molecule has 6 nitrogen and oxygen atoms in total. The van der Waals surface area contributed by atoms with Crippen LogP contribution in [-0.2, 0) is 14.3 Å². The average molecular weight is 418 g/mol. The van der Waals surface area contributed by atoms with E-state index in [-0.39, 0.29) is 18.2 Å². The maximum atomic E-state index is 12.7. The summed E-state index contributed by atoms with van der Waals surface area (Å²) in [5, 5.41) is 5.89. The number of rotatable bonds is 4. The molecule has 2 aliphatic heterocycles. The first-order valence-corrected chi connectivity index (χ1v) is 10.3. The maximum absolute atomic E-state index is 12.7. The van der Waals surface area contributed by atoms with E-state index < -0.39 is 5.25 Å². The summed E-state index contributed by atoms with van der Waals surface area (Å²) in [7, 11) is 0. The lowest BCUT2D eigenvalue weighted by Crippen LogP contribution is -2.37. The van der Waals surface area contributed by atoms with Gasteiger partial charge in [0.15, 0.2) is 0 Å². The van der Waals surface area contributed by atoms with Crippen molar-refractivity contribution in [2.45, 2.75) is 16.6 Å². The van der Waals surface area contributed by atoms with Gasteiger partial charge in [-0.2, -0.15) is 0 Å². The van der Waals surface area contributed by atoms with Crippen LogP contribution >= 0.6 is 23.4 Å². The fourth-order valence-electron chi connectivity index (χ4n) is 3.29. The van der Waals surface area contributed by atoms with Crippen LogP contribution in [0, 0.1) is 0 Å². The van der Waals surface area contributed by atoms with Gasteiger partial charge >= 0.3 is 0 Å². The number of carbonyl (C=O) groups is 2. The van der Waals surface area contributed by atoms with Gasteiger partial charge in [-0.05, 0) is 30.3 Å². The van der Waals surface area contributed by atoms with Gasteiger partial charge < -0.3 is 20.3 Å². The van der Waals surface area contributed by atoms with E-state index in [0.29, 0.717) is 23.9 Å². The summed E-state index contributed by atoms with van der Waals surface area (Å²) in [5.74, 6) is -0.373. The minimum absolute atomic E-state index is 0.0933. The van der Waals surface area contributed by atoms with E-state index in [0.717, 1.165) is 29.4 Å². The predicted molar refractivity (Wildman–Crippen MR) is 112 cm³/mol. The summed E-state index contributed by atoms with van der Waals surface area (Å²) in [4.78, 5) is 28.2. The van der Waals surface area contributed by atoms with Gasteiger partial charge in [-0.15, -0.1) is 11.8 Å². The Morgan fingerprint density at radius 2 is 2.04 bits per heavy atom. The third kappa shape index (κ3) is 4.27. The summed E-state index contributed by atoms with van der Waals surface area (Å²) in [5.41, 5.74) is 2.42. The Balaban J connectivity index is 1.44. The number of halogens is 1. The zero-order valence-corrected chi connectivity index (χ0v) is 16.7. The zero-order valence-electron chi connectivity index (χ0n) is 15.1. The van der Waals surface area contributed by atoms with Crippen LogP contribution in [-0.4, -0.2) is 43.4 Å². The molecule has 2 aromatic carbocycles. The van der Waals surface area contributed by atoms with Crippen molar-refractivity contribution < 1.29 is 14.3 Å². The SMILES string of the molecule is O=C(CC1Sc2ccc(Cl)cc2NC1=O)Nc1ccccc1N1CCOCC1. The first-order chi connectivity index (χ1) is 13.6. The number of ether oxygens (including phenoxy) is 1. The van der Waals surface area contributed by atoms with Gasteiger partial charge in [0, 0.05) is 29.4 Å². The van der Waals surface area contributed by atoms with Crippen LogP contribution in [0.2, 0.25) is 5.02 Å². The second-order valence-electron chi connectivity index (χ2n) is 6.61. The average Bonchev–Trinajstić information content (AvgIpc) is 2.70. The highest BCUT2D eigenvalue weighted by Gasteiger charge is 2.29. The summed E-state index contributed by atoms with van der Waals surface area (Å²) in [6.07, 6.45) is 0.0933. The molecule has 1 saturated heterocycles. The molecule has 2 aliphatic rings. The number of amides is 2. The number of fused-ring (bicyclic) bond motifs is 1. The van der Waals surface area contributed by atoms with Crippen LogP contribution in [0.1, 0.15) is 6.42 Å². The fourth-order valence-corrected chi connectivity index (χ4v) is 4.55. The molecule has 1 fully saturated rings. The Morgan fingerprint density at radius 3 is 2.86 bits per heavy atom. The van der Waals surface area contributed by atoms with Crippen LogP contribution in [0.25, 0.3) is 0 Å². The number of carbonyl (C=O) groups excluding carboxylic acids is 2. The van der Waals surface area contributed by atoms with Crippen molar-refractivity contribution in [1.82, 2.24) is 0 Å². The Bertz CT molecular complexity index is 902. The molecule has 0 spiro atoms. The van der Waals surface area contributed by atoms with E-state index >= 15 is 0 Å². The fraction of sp³-hybridized carbons (Fsp3) is 0.300. The monoisotopic (exact) mass is 417 g/mol. The third-order valence-electron chi connectivity index (χ3n) is 4.66. The number of para-hydroxylation sites is 2. The van der Waals surface area contributed by atoms with Gasteiger partial charge in [-0.1, -0.05) is 23.7 Å². The number of nitrogens with zero attached hydrogens (tertiary/aromatic N) is 1. The normalized spacial score (nSPS) is 19.0. The minimum Gasteiger partial charge on any atom is -0.378 e. The molecule has 4 rings (SSSR count). The number of morpholine rings is 1. The first kappa shape index (κ1) is 19.1. The first-order valence-electron chi connectivity index (χ1n) is 9.09. The van der Waals surface area contributed by atoms with E-state index in [9.17, 15) is 9.59 Å². The predicted octanol–water partition coefficient (Wildman–Crippen LogP) is 3.62. The van der Waals surface area contributed by atoms with Crippen molar-refractivity contribution in [3.63, 3.8) is 0 Å². The molecular weight excluding hydrogens is 398 g/mol. The lowest BCUT2D eigenvalue weighted by molar-refractivity contribution is -0.120. The largest absolute Gasteiger partial charge is 0.378 e. The molecule has 0 aromatic heterocycles. The lowest BCUT2D eigenvalue weighted by atomic mass is 10.2. The van der Waals surface area contributed by atoms with Crippen molar-refractivity contribution >= 4 is 52.2 Å². The van der Waals surface area contributed by atoms with Gasteiger partial charge in [0.05, 0.1) is 35.5 Å². The Kier molecular flexibility index (Phi) is 5.75. The van der Waals surface area contributed by atoms with Gasteiger partial charge in [-0.25, -0.2) is 0 Å². The lowest BCUT2D eigenvalue weighted by Gasteiger charge is -2.30. The number of anilines is 3. The summed E-state index contributed by atoms with van der Waals surface area (Å²) in [6, 6.07) is 13.1. The van der Waals surface area contributed by atoms with Crippen LogP contribution in [0.3, 0.4) is 0 Å². The molecular formula is C20H20ClN3O3S. The minimum atomic E-state index is -0.482. The van der Waals surface area contributed by atoms with Crippen molar-refractivity contribution in [1.29, 1.82) is 0 Å². The van der Waals surface area contributed by atoms with E-state index in [2.05, 4.69) is 15.5 Å². The van der Waals surface area contributed by atoms with E-state index in [4.69, 9.17) is 16.3 Å². The maximum Gasteiger partial charge on any atom is 0.238 e. The molecule has 2 amide bonds. The van der Waals surface area contributed by atoms with Crippen molar-refractivity contribution in [3.8, 4) is 0 Å². The van der Waals surface area contributed by atoms with Crippen molar-refractivity contribution in [2.75, 3.05) is 41.8 Å². The number of thioether (sulfide) groups is 1. The third-order valence-corrected chi connectivity index (χ3v) is 6.17. The second kappa shape index (κ2) is 8.43. The molecule has 1 unspecified atom stereocenters. The summed E-state index contributed by atoms with van der Waals surface area (Å²) >= 11 is 7.36. The highest BCUT2D eigenvalue weighted by atomic mass is 35.5. The van der Waals surface area contributed by atoms with Crippen LogP contribution in [0.15, 0.2) is 47.4 Å². The Morgan fingerprint density at radius 1 is 1.25 bits per heavy atom. The van der Waals surface area contributed by atoms with Gasteiger partial charge in [0.25, 0.3) is 0 Å². The molecule has 0 aliphatic carbocycles. The summed E-state index contributed by atoms with van der Waals surface area (Å²) in [6.45, 7) is 2.91. The van der Waals surface area contributed by atoms with Gasteiger partial charge in [0.1, 0.15) is 0 Å². The molecule has 2 N–H and O–H groups in total. The van der Waals surface area contributed by atoms with E-state index in [1.807, 2.05) is 30.3 Å². The topological polar surface area (TPSA) is 70.7 Å². The molecule has 0 radical (unpaired) electrons. The molecule has 0 saturated carbocycles. The quantitative estimate of drug-likeness (QED) is 0.795. The Labute approximate surface area is 172 Å². The summed E-state index contributed by atoms with van der Waals surface area (Å²) < 4.78 is 5.41. The standard InChI is InChI=1S/C20H20ClN3O3S/c21-13-5-6-17-15(11-13)23-20(26)18(28-17)12-19(25)22-14-3-1-2-4-16(14)24-7-9-27-10-8-24/h1-6,11,18H,7-10,12H2,(H,22,25)(H,23,26). The molecule has 8 heteroatoms. The molecule has 28 heavy (non-hydrogen) atoms. The van der Waals surface area contributed by atoms with E-state index in [1.54, 1.807) is 12.1 Å². The van der Waals surface area contributed by atoms with Gasteiger partial charge in [-0.3, -0.25) is 9.59 Å². The number of hydrogen-bond donors (Lipinski definition) is 2. The van der Waals surface area contributed by atoms with Crippen LogP contribution < -0.4 is 15.5 Å². The molecule has 2 heterocycles. The number of nitrogens with one attached hydrogen (secondary N) is 2. The molecule has 1 atom stereocenters. The molecule has 146 valence electrons. The molecule has 2 aromatic rings. The van der Waals surface area contributed by atoms with E-state index in [1.165, 1.54) is 11.8 Å². The number of hydrogen-bond acceptors (Lipinski definition) is 5. The zero-order chi connectivity index (χ0) is 19.5. The Hall–Kier alpha value is -2.22. The van der Waals surface area contributed by atoms with Gasteiger partial charge in [0.2, 0.25) is 11.8 Å².